The number of carbonyl (C=O) groups is 1. The molecule has 4 nitrogen and oxygen atoms in total. The van der Waals surface area contributed by atoms with Crippen LogP contribution in [0, 0.1) is 0 Å². The van der Waals surface area contributed by atoms with Gasteiger partial charge >= 0.3 is 0 Å². The van der Waals surface area contributed by atoms with E-state index in [1.807, 2.05) is 0 Å². The Morgan fingerprint density at radius 3 is 2.88 bits per heavy atom. The molecule has 0 bridgehead atoms. The molecule has 1 aliphatic rings. The van der Waals surface area contributed by atoms with Gasteiger partial charge in [0, 0.05) is 25.6 Å². The van der Waals surface area contributed by atoms with Crippen LogP contribution in [0.15, 0.2) is 0 Å². The summed E-state index contributed by atoms with van der Waals surface area (Å²) in [5.74, 6) is 0.0825. The van der Waals surface area contributed by atoms with Crippen molar-refractivity contribution in [2.24, 2.45) is 5.73 Å². The molecular weight excluding hydrogens is 226 g/mol. The third-order valence-electron chi connectivity index (χ3n) is 3.06. The average Bonchev–Trinajstić information content (AvgIpc) is 2.27. The molecule has 1 saturated heterocycles. The molecule has 1 fully saturated rings. The van der Waals surface area contributed by atoms with Crippen LogP contribution in [0.3, 0.4) is 0 Å². The number of hydrogen-bond acceptors (Lipinski definition) is 3. The lowest BCUT2D eigenvalue weighted by Crippen LogP contribution is -2.46. The van der Waals surface area contributed by atoms with E-state index in [-0.39, 0.29) is 18.3 Å². The summed E-state index contributed by atoms with van der Waals surface area (Å²) in [6, 6.07) is 0.533. The van der Waals surface area contributed by atoms with Gasteiger partial charge in [-0.2, -0.15) is 0 Å². The number of hydrogen-bond donors (Lipinski definition) is 2. The maximum Gasteiger partial charge on any atom is 0.221 e. The van der Waals surface area contributed by atoms with Crippen molar-refractivity contribution in [3.8, 4) is 0 Å². The minimum absolute atomic E-state index is 0. The van der Waals surface area contributed by atoms with E-state index in [0.717, 1.165) is 13.1 Å². The summed E-state index contributed by atoms with van der Waals surface area (Å²) >= 11 is 0. The van der Waals surface area contributed by atoms with Crippen molar-refractivity contribution in [1.29, 1.82) is 0 Å². The molecule has 1 aliphatic heterocycles. The maximum absolute atomic E-state index is 11.3. The number of carbonyl (C=O) groups excluding carboxylic acids is 1. The molecule has 16 heavy (non-hydrogen) atoms. The zero-order valence-corrected chi connectivity index (χ0v) is 10.9. The molecule has 0 saturated carbocycles. The zero-order chi connectivity index (χ0) is 11.1. The number of likely N-dealkylation sites (tertiary alicyclic amines) is 1. The summed E-state index contributed by atoms with van der Waals surface area (Å²) in [7, 11) is 0. The number of nitrogens with one attached hydrogen (secondary N) is 1. The zero-order valence-electron chi connectivity index (χ0n) is 10.1. The van der Waals surface area contributed by atoms with Crippen LogP contribution in [0.25, 0.3) is 0 Å². The fourth-order valence-electron chi connectivity index (χ4n) is 2.16. The van der Waals surface area contributed by atoms with Gasteiger partial charge in [0.05, 0.1) is 0 Å². The van der Waals surface area contributed by atoms with E-state index in [1.165, 1.54) is 25.8 Å². The summed E-state index contributed by atoms with van der Waals surface area (Å²) in [5, 5.41) is 2.96. The number of halogens is 1. The number of nitrogens with zero attached hydrogens (tertiary/aromatic N) is 1. The standard InChI is InChI=1S/C11H23N3O.ClH/c1-2-14-8-4-3-5-10(14)9-13-11(15)6-7-12;/h10H,2-9,12H2,1H3,(H,13,15);1H. The SMILES string of the molecule is CCN1CCCCC1CNC(=O)CCN.Cl. The largest absolute Gasteiger partial charge is 0.354 e. The van der Waals surface area contributed by atoms with Crippen LogP contribution in [0.1, 0.15) is 32.6 Å². The highest BCUT2D eigenvalue weighted by Crippen LogP contribution is 2.15. The molecule has 0 aromatic heterocycles. The van der Waals surface area contributed by atoms with Crippen molar-refractivity contribution in [3.63, 3.8) is 0 Å². The second kappa shape index (κ2) is 8.79. The van der Waals surface area contributed by atoms with Crippen LogP contribution in [-0.2, 0) is 4.79 Å². The molecular formula is C11H24ClN3O. The van der Waals surface area contributed by atoms with Gasteiger partial charge in [-0.1, -0.05) is 13.3 Å². The van der Waals surface area contributed by atoms with Crippen LogP contribution in [0.2, 0.25) is 0 Å². The second-order valence-electron chi connectivity index (χ2n) is 4.12. The predicted molar refractivity (Wildman–Crippen MR) is 68.8 cm³/mol. The van der Waals surface area contributed by atoms with Crippen molar-refractivity contribution < 1.29 is 4.79 Å². The van der Waals surface area contributed by atoms with E-state index in [9.17, 15) is 4.79 Å². The Balaban J connectivity index is 0.00000225. The molecule has 1 rings (SSSR count). The third-order valence-corrected chi connectivity index (χ3v) is 3.06. The van der Waals surface area contributed by atoms with Crippen molar-refractivity contribution in [3.05, 3.63) is 0 Å². The molecule has 1 heterocycles. The number of amides is 1. The van der Waals surface area contributed by atoms with Crippen LogP contribution in [0.4, 0.5) is 0 Å². The van der Waals surface area contributed by atoms with Gasteiger partial charge in [-0.05, 0) is 25.9 Å². The Bertz CT molecular complexity index is 202. The lowest BCUT2D eigenvalue weighted by Gasteiger charge is -2.34. The van der Waals surface area contributed by atoms with E-state index in [2.05, 4.69) is 17.1 Å². The van der Waals surface area contributed by atoms with Gasteiger partial charge < -0.3 is 11.1 Å². The molecule has 1 amide bonds. The highest BCUT2D eigenvalue weighted by Gasteiger charge is 2.20. The Kier molecular flexibility index (Phi) is 8.61. The molecule has 96 valence electrons. The monoisotopic (exact) mass is 249 g/mol. The van der Waals surface area contributed by atoms with Gasteiger partial charge in [-0.15, -0.1) is 12.4 Å². The van der Waals surface area contributed by atoms with E-state index >= 15 is 0 Å². The highest BCUT2D eigenvalue weighted by atomic mass is 35.5. The van der Waals surface area contributed by atoms with Crippen molar-refractivity contribution in [2.45, 2.75) is 38.6 Å². The normalized spacial score (nSPS) is 21.2. The van der Waals surface area contributed by atoms with E-state index in [4.69, 9.17) is 5.73 Å². The number of rotatable bonds is 5. The smallest absolute Gasteiger partial charge is 0.221 e. The summed E-state index contributed by atoms with van der Waals surface area (Å²) < 4.78 is 0. The Morgan fingerprint density at radius 1 is 1.50 bits per heavy atom. The molecule has 3 N–H and O–H groups in total. The summed E-state index contributed by atoms with van der Waals surface area (Å²) in [4.78, 5) is 13.7. The van der Waals surface area contributed by atoms with Crippen molar-refractivity contribution in [2.75, 3.05) is 26.2 Å². The van der Waals surface area contributed by atoms with Crippen molar-refractivity contribution in [1.82, 2.24) is 10.2 Å². The third kappa shape index (κ3) is 5.14. The molecule has 5 heteroatoms. The minimum Gasteiger partial charge on any atom is -0.354 e. The Morgan fingerprint density at radius 2 is 2.25 bits per heavy atom. The van der Waals surface area contributed by atoms with Crippen LogP contribution < -0.4 is 11.1 Å². The first-order valence-corrected chi connectivity index (χ1v) is 5.98. The second-order valence-corrected chi connectivity index (χ2v) is 4.12. The minimum atomic E-state index is 0. The van der Waals surface area contributed by atoms with Gasteiger partial charge in [-0.25, -0.2) is 0 Å². The fourth-order valence-corrected chi connectivity index (χ4v) is 2.16. The summed E-state index contributed by atoms with van der Waals surface area (Å²) in [5.41, 5.74) is 5.32. The molecule has 0 spiro atoms. The predicted octanol–water partition coefficient (Wildman–Crippen LogP) is 0.748. The highest BCUT2D eigenvalue weighted by molar-refractivity contribution is 5.85. The van der Waals surface area contributed by atoms with Gasteiger partial charge in [-0.3, -0.25) is 9.69 Å². The van der Waals surface area contributed by atoms with Crippen molar-refractivity contribution >= 4 is 18.3 Å². The molecule has 0 radical (unpaired) electrons. The first-order valence-electron chi connectivity index (χ1n) is 5.98. The lowest BCUT2D eigenvalue weighted by atomic mass is 10.0. The number of nitrogens with two attached hydrogens (primary N) is 1. The van der Waals surface area contributed by atoms with Crippen LogP contribution in [0.5, 0.6) is 0 Å². The Labute approximate surface area is 104 Å². The summed E-state index contributed by atoms with van der Waals surface area (Å²) in [6.07, 6.45) is 4.23. The van der Waals surface area contributed by atoms with Gasteiger partial charge in [0.25, 0.3) is 0 Å². The van der Waals surface area contributed by atoms with Crippen LogP contribution >= 0.6 is 12.4 Å². The molecule has 0 aromatic rings. The first-order chi connectivity index (χ1) is 7.27. The first kappa shape index (κ1) is 15.7. The topological polar surface area (TPSA) is 58.4 Å². The van der Waals surface area contributed by atoms with Crippen LogP contribution in [-0.4, -0.2) is 43.0 Å². The quantitative estimate of drug-likeness (QED) is 0.756. The van der Waals surface area contributed by atoms with E-state index < -0.39 is 0 Å². The van der Waals surface area contributed by atoms with Gasteiger partial charge in [0.15, 0.2) is 0 Å². The lowest BCUT2D eigenvalue weighted by molar-refractivity contribution is -0.121. The Hall–Kier alpha value is -0.320. The van der Waals surface area contributed by atoms with E-state index in [1.54, 1.807) is 0 Å². The maximum atomic E-state index is 11.3. The molecule has 0 aliphatic carbocycles. The fraction of sp³-hybridized carbons (Fsp3) is 0.909. The number of piperidine rings is 1. The summed E-state index contributed by atoms with van der Waals surface area (Å²) in [6.45, 7) is 5.66. The average molecular weight is 250 g/mol. The molecule has 1 atom stereocenters. The van der Waals surface area contributed by atoms with Gasteiger partial charge in [0.1, 0.15) is 0 Å². The van der Waals surface area contributed by atoms with Gasteiger partial charge in [0.2, 0.25) is 5.91 Å². The van der Waals surface area contributed by atoms with E-state index in [0.29, 0.717) is 19.0 Å². The molecule has 1 unspecified atom stereocenters. The number of likely N-dealkylation sites (N-methyl/N-ethyl adjacent to an activating group) is 1. The molecule has 0 aromatic carbocycles.